The van der Waals surface area contributed by atoms with Gasteiger partial charge >= 0.3 is 5.97 Å². The molecule has 3 aliphatic rings. The third-order valence-electron chi connectivity index (χ3n) is 16.4. The molecule has 0 unspecified atom stereocenters. The number of hydrogen-bond acceptors (Lipinski definition) is 18. The molecule has 7 heterocycles. The summed E-state index contributed by atoms with van der Waals surface area (Å²) in [5.74, 6) is 4.81. The Morgan fingerprint density at radius 1 is 0.899 bits per heavy atom. The molecule has 2 fully saturated rings. The van der Waals surface area contributed by atoms with Gasteiger partial charge in [0.15, 0.2) is 39.2 Å². The maximum absolute atomic E-state index is 15.3. The van der Waals surface area contributed by atoms with Crippen molar-refractivity contribution in [3.63, 3.8) is 0 Å². The van der Waals surface area contributed by atoms with Crippen LogP contribution in [-0.2, 0) is 32.0 Å². The summed E-state index contributed by atoms with van der Waals surface area (Å²) >= 11 is 4.41. The van der Waals surface area contributed by atoms with E-state index in [1.54, 1.807) is 34.8 Å². The van der Waals surface area contributed by atoms with Crippen LogP contribution in [0.5, 0.6) is 5.75 Å². The summed E-state index contributed by atoms with van der Waals surface area (Å²) in [5, 5.41) is 40.5. The van der Waals surface area contributed by atoms with Crippen molar-refractivity contribution in [1.29, 1.82) is 0 Å². The van der Waals surface area contributed by atoms with Gasteiger partial charge in [-0.3, -0.25) is 24.1 Å². The van der Waals surface area contributed by atoms with Crippen LogP contribution in [0.3, 0.4) is 0 Å². The number of aliphatic hydroxyl groups is 1. The van der Waals surface area contributed by atoms with Gasteiger partial charge in [0.2, 0.25) is 23.6 Å². The fraction of sp³-hybridized carbons (Fsp3) is 0.446. The van der Waals surface area contributed by atoms with Crippen molar-refractivity contribution in [3.8, 4) is 28.0 Å². The van der Waals surface area contributed by atoms with E-state index < -0.39 is 41.3 Å². The number of fused-ring (bicyclic) bond motifs is 2. The fourth-order valence-corrected chi connectivity index (χ4v) is 14.2. The highest BCUT2D eigenvalue weighted by molar-refractivity contribution is 7.22. The van der Waals surface area contributed by atoms with Crippen molar-refractivity contribution in [3.05, 3.63) is 117 Å². The number of likely N-dealkylation sites (tertiary alicyclic amines) is 1. The second-order valence-corrected chi connectivity index (χ2v) is 26.9. The van der Waals surface area contributed by atoms with Gasteiger partial charge < -0.3 is 45.6 Å². The third-order valence-corrected chi connectivity index (χ3v) is 19.4. The number of nitrogens with zero attached hydrogens (tertiary/aromatic N) is 9. The second kappa shape index (κ2) is 28.7. The number of hydrogen-bond donors (Lipinski definition) is 5. The average Bonchev–Trinajstić information content (AvgIpc) is 2.05. The van der Waals surface area contributed by atoms with Gasteiger partial charge in [0.1, 0.15) is 12.1 Å². The van der Waals surface area contributed by atoms with Crippen LogP contribution < -0.4 is 25.6 Å². The van der Waals surface area contributed by atoms with E-state index in [1.807, 2.05) is 105 Å². The number of carboxylic acid groups (broad SMARTS) is 1. The molecule has 0 aliphatic carbocycles. The number of aryl methyl sites for hydroxylation is 2. The number of ether oxygens (including phenoxy) is 1. The van der Waals surface area contributed by atoms with E-state index in [9.17, 15) is 34.2 Å². The summed E-state index contributed by atoms with van der Waals surface area (Å²) in [5.41, 5.74) is 7.35. The lowest BCUT2D eigenvalue weighted by Gasteiger charge is -2.35. The molecule has 0 radical (unpaired) electrons. The number of thiazole rings is 3. The Morgan fingerprint density at radius 3 is 2.40 bits per heavy atom. The number of anilines is 4. The van der Waals surface area contributed by atoms with E-state index in [0.717, 1.165) is 61.0 Å². The Balaban J connectivity index is 0.615. The zero-order chi connectivity index (χ0) is 62.9. The lowest BCUT2D eigenvalue weighted by atomic mass is 9.85. The second-order valence-electron chi connectivity index (χ2n) is 23.9. The van der Waals surface area contributed by atoms with E-state index in [-0.39, 0.29) is 61.2 Å². The van der Waals surface area contributed by atoms with Gasteiger partial charge in [-0.25, -0.2) is 24.1 Å². The number of aromatic nitrogens is 5. The Bertz CT molecular complexity index is 3740. The number of aliphatic hydroxyl groups excluding tert-OH is 1. The molecule has 10 rings (SSSR count). The SMILES string of the molecule is Cc1ncsc1-c1ccc([C@H](C)NC(=O)[C@@H]2C[C@@H](O)CN2C(=O)[C@@H](NC(=O)CCCCCC(=O)N2CCN(CC#Cc3ccc(OCCCc4sc(N5CCCc6c5nnc(Nc5nc7ccccc7s5)c6C)nc4C(=O)O)c(F)c3)CC2)C(C)(C)C)cc1. The minimum absolute atomic E-state index is 0.0195. The van der Waals surface area contributed by atoms with Gasteiger partial charge in [-0.2, -0.15) is 0 Å². The van der Waals surface area contributed by atoms with Crippen molar-refractivity contribution in [2.75, 3.05) is 62.6 Å². The topological polar surface area (TPSA) is 249 Å². The monoisotopic (exact) mass is 1270 g/mol. The molecule has 20 nitrogen and oxygen atoms in total. The first-order valence-corrected chi connectivity index (χ1v) is 32.8. The number of unbranched alkanes of at least 4 members (excludes halogenated alkanes) is 2. The Hall–Kier alpha value is -7.95. The molecule has 5 N–H and O–H groups in total. The number of halogens is 1. The maximum Gasteiger partial charge on any atom is 0.355 e. The van der Waals surface area contributed by atoms with Crippen LogP contribution >= 0.6 is 34.0 Å². The summed E-state index contributed by atoms with van der Waals surface area (Å²) in [6.07, 6.45) is 3.90. The van der Waals surface area contributed by atoms with Gasteiger partial charge in [0, 0.05) is 80.1 Å². The number of nitrogens with one attached hydrogen (secondary N) is 3. The van der Waals surface area contributed by atoms with E-state index >= 15 is 4.39 Å². The van der Waals surface area contributed by atoms with Crippen LogP contribution in [0, 0.1) is 36.9 Å². The van der Waals surface area contributed by atoms with Gasteiger partial charge in [-0.1, -0.05) is 86.8 Å². The van der Waals surface area contributed by atoms with Crippen molar-refractivity contribution in [2.45, 2.75) is 130 Å². The van der Waals surface area contributed by atoms with E-state index in [0.29, 0.717) is 105 Å². The van der Waals surface area contributed by atoms with E-state index in [1.165, 1.54) is 22.3 Å². The Kier molecular flexibility index (Phi) is 20.6. The molecular formula is C65H75FN12O8S3. The number of carbonyl (C=O) groups is 5. The molecular weight excluding hydrogens is 1190 g/mol. The highest BCUT2D eigenvalue weighted by atomic mass is 32.1. The minimum Gasteiger partial charge on any atom is -0.491 e. The summed E-state index contributed by atoms with van der Waals surface area (Å²) in [6, 6.07) is 18.2. The summed E-state index contributed by atoms with van der Waals surface area (Å²) in [4.78, 5) is 89.4. The highest BCUT2D eigenvalue weighted by Gasteiger charge is 2.45. The average molecular weight is 1270 g/mol. The zero-order valence-corrected chi connectivity index (χ0v) is 53.4. The number of carbonyl (C=O) groups excluding carboxylic acids is 4. The first-order chi connectivity index (χ1) is 42.8. The number of benzene rings is 3. The maximum atomic E-state index is 15.3. The van der Waals surface area contributed by atoms with Crippen LogP contribution in [0.1, 0.15) is 128 Å². The van der Waals surface area contributed by atoms with Crippen LogP contribution in [0.25, 0.3) is 20.7 Å². The Morgan fingerprint density at radius 2 is 1.67 bits per heavy atom. The largest absolute Gasteiger partial charge is 0.491 e. The number of aromatic carboxylic acids is 1. The lowest BCUT2D eigenvalue weighted by Crippen LogP contribution is -2.57. The normalized spacial score (nSPS) is 16.7. The van der Waals surface area contributed by atoms with Crippen molar-refractivity contribution in [1.82, 2.24) is 50.5 Å². The first-order valence-electron chi connectivity index (χ1n) is 30.3. The number of β-amino-alcohol motifs (C(OH)–C–C–N with tert-alkyl or cyclic N) is 1. The van der Waals surface area contributed by atoms with Gasteiger partial charge in [0.25, 0.3) is 0 Å². The number of piperazine rings is 1. The van der Waals surface area contributed by atoms with Crippen LogP contribution in [0.4, 0.5) is 26.3 Å². The predicted octanol–water partition coefficient (Wildman–Crippen LogP) is 9.78. The van der Waals surface area contributed by atoms with Crippen molar-refractivity contribution < 1.29 is 43.3 Å². The van der Waals surface area contributed by atoms with Crippen LogP contribution in [0.2, 0.25) is 0 Å². The molecule has 0 bridgehead atoms. The molecule has 89 heavy (non-hydrogen) atoms. The molecule has 4 atom stereocenters. The molecule has 3 aliphatic heterocycles. The molecule has 0 saturated carbocycles. The zero-order valence-electron chi connectivity index (χ0n) is 50.9. The predicted molar refractivity (Wildman–Crippen MR) is 344 cm³/mol. The van der Waals surface area contributed by atoms with Crippen LogP contribution in [-0.4, -0.2) is 150 Å². The van der Waals surface area contributed by atoms with E-state index in [2.05, 4.69) is 57.8 Å². The fourth-order valence-electron chi connectivity index (χ4n) is 11.4. The quantitative estimate of drug-likeness (QED) is 0.0313. The number of rotatable bonds is 22. The molecule has 0 spiro atoms. The van der Waals surface area contributed by atoms with E-state index in [4.69, 9.17) is 4.74 Å². The molecule has 4 aromatic heterocycles. The summed E-state index contributed by atoms with van der Waals surface area (Å²) in [7, 11) is 0. The molecule has 7 aromatic rings. The molecule has 24 heteroatoms. The highest BCUT2D eigenvalue weighted by Crippen LogP contribution is 2.40. The van der Waals surface area contributed by atoms with Crippen molar-refractivity contribution >= 4 is 95.7 Å². The van der Waals surface area contributed by atoms with Gasteiger partial charge in [-0.05, 0) is 106 Å². The summed E-state index contributed by atoms with van der Waals surface area (Å²) in [6.45, 7) is 15.0. The summed E-state index contributed by atoms with van der Waals surface area (Å²) < 4.78 is 22.2. The number of amides is 4. The van der Waals surface area contributed by atoms with Gasteiger partial charge in [0.05, 0.1) is 51.6 Å². The third kappa shape index (κ3) is 15.7. The molecule has 3 aromatic carbocycles. The first kappa shape index (κ1) is 64.0. The molecule has 2 saturated heterocycles. The van der Waals surface area contributed by atoms with Crippen LogP contribution in [0.15, 0.2) is 72.2 Å². The Labute approximate surface area is 529 Å². The number of para-hydroxylation sites is 1. The number of carboxylic acids is 1. The van der Waals surface area contributed by atoms with Crippen molar-refractivity contribution in [2.24, 2.45) is 5.41 Å². The standard InChI is InChI=1S/C65H75FN12O8S3/c1-39-46-16-13-29-77(59(46)74-73-58(39)72-63-69-48-17-10-11-18-51(48)88-63)64-71-55(62(84)85)52(89-64)19-14-34-86-50-27-22-42(35-47(50)66)15-12-28-75-30-32-76(33-31-75)54(81)21-9-7-8-20-53(80)70-57(65(4,5)6)61(83)78-37-45(79)36-49(78)60(82)68-40(2)43-23-25-44(26-24-43)56-41(3)67-38-87-56/h10-11,17-18,22-27,35,38,40,45,49,57,79H,7-9,13-14,16,19-21,28-34,36-37H2,1-6H3,(H,68,82)(H,70,80)(H,84,85)(H,69,72,73)/t40-,45+,49-,57+/m0/s1. The van der Waals surface area contributed by atoms with Gasteiger partial charge in [-0.15, -0.1) is 32.9 Å². The molecule has 468 valence electrons. The molecule has 4 amide bonds. The lowest BCUT2D eigenvalue weighted by molar-refractivity contribution is -0.144. The minimum atomic E-state index is -1.13. The smallest absolute Gasteiger partial charge is 0.355 e.